The van der Waals surface area contributed by atoms with Crippen LogP contribution in [0.15, 0.2) is 59.7 Å². The van der Waals surface area contributed by atoms with Crippen molar-refractivity contribution in [2.75, 3.05) is 7.11 Å². The van der Waals surface area contributed by atoms with E-state index in [2.05, 4.69) is 0 Å². The lowest BCUT2D eigenvalue weighted by molar-refractivity contribution is -0.112. The van der Waals surface area contributed by atoms with E-state index in [-0.39, 0.29) is 5.78 Å². The molecule has 0 N–H and O–H groups in total. The maximum atomic E-state index is 12.7. The molecule has 0 bridgehead atoms. The van der Waals surface area contributed by atoms with Crippen LogP contribution in [0.4, 0.5) is 0 Å². The van der Waals surface area contributed by atoms with Crippen LogP contribution >= 0.6 is 11.6 Å². The van der Waals surface area contributed by atoms with Gasteiger partial charge in [0, 0.05) is 16.2 Å². The molecule has 0 aromatic heterocycles. The number of allylic oxidation sites excluding steroid dienone is 2. The van der Waals surface area contributed by atoms with E-state index in [0.717, 1.165) is 47.3 Å². The fraction of sp³-hybridized carbons (Fsp3) is 0.190. The molecule has 2 nitrogen and oxygen atoms in total. The summed E-state index contributed by atoms with van der Waals surface area (Å²) in [4.78, 5) is 12.7. The number of halogens is 1. The van der Waals surface area contributed by atoms with Crippen molar-refractivity contribution >= 4 is 29.5 Å². The Labute approximate surface area is 147 Å². The standard InChI is InChI=1S/C21H19ClO2/c1-24-20-11-7-16(8-12-20)14-18-4-2-3-17(21(18)23)13-15-5-9-19(22)10-6-15/h5-14H,2-4H2,1H3/b17-13-,18-14-. The first-order chi connectivity index (χ1) is 11.7. The van der Waals surface area contributed by atoms with Gasteiger partial charge < -0.3 is 4.74 Å². The first kappa shape index (κ1) is 16.5. The summed E-state index contributed by atoms with van der Waals surface area (Å²) >= 11 is 5.91. The normalized spacial score (nSPS) is 18.2. The molecule has 0 atom stereocenters. The molecule has 1 saturated carbocycles. The van der Waals surface area contributed by atoms with Crippen LogP contribution in [0.5, 0.6) is 5.75 Å². The highest BCUT2D eigenvalue weighted by Gasteiger charge is 2.20. The zero-order valence-electron chi connectivity index (χ0n) is 13.6. The van der Waals surface area contributed by atoms with Crippen LogP contribution in [0.2, 0.25) is 5.02 Å². The number of ketones is 1. The average Bonchev–Trinajstić information content (AvgIpc) is 2.61. The van der Waals surface area contributed by atoms with Gasteiger partial charge in [0.05, 0.1) is 7.11 Å². The Bertz CT molecular complexity index is 784. The van der Waals surface area contributed by atoms with Crippen molar-refractivity contribution in [2.24, 2.45) is 0 Å². The van der Waals surface area contributed by atoms with E-state index in [0.29, 0.717) is 5.02 Å². The number of rotatable bonds is 3. The molecule has 0 amide bonds. The lowest BCUT2D eigenvalue weighted by atomic mass is 9.87. The van der Waals surface area contributed by atoms with Crippen molar-refractivity contribution in [1.29, 1.82) is 0 Å². The summed E-state index contributed by atoms with van der Waals surface area (Å²) in [6.45, 7) is 0. The minimum absolute atomic E-state index is 0.145. The molecule has 0 heterocycles. The minimum Gasteiger partial charge on any atom is -0.497 e. The molecule has 3 rings (SSSR count). The van der Waals surface area contributed by atoms with Crippen molar-refractivity contribution in [3.05, 3.63) is 75.8 Å². The second kappa shape index (κ2) is 7.50. The van der Waals surface area contributed by atoms with Crippen LogP contribution < -0.4 is 4.74 Å². The predicted octanol–water partition coefficient (Wildman–Crippen LogP) is 5.57. The number of hydrogen-bond acceptors (Lipinski definition) is 2. The lowest BCUT2D eigenvalue weighted by Crippen LogP contribution is -2.12. The Morgan fingerprint density at radius 1 is 0.875 bits per heavy atom. The van der Waals surface area contributed by atoms with E-state index in [4.69, 9.17) is 16.3 Å². The minimum atomic E-state index is 0.145. The highest BCUT2D eigenvalue weighted by Crippen LogP contribution is 2.28. The molecule has 2 aromatic carbocycles. The first-order valence-corrected chi connectivity index (χ1v) is 8.39. The molecule has 1 fully saturated rings. The van der Waals surface area contributed by atoms with Crippen LogP contribution in [0.1, 0.15) is 30.4 Å². The molecule has 3 heteroatoms. The van der Waals surface area contributed by atoms with Crippen LogP contribution in [-0.4, -0.2) is 12.9 Å². The predicted molar refractivity (Wildman–Crippen MR) is 99.3 cm³/mol. The van der Waals surface area contributed by atoms with E-state index in [1.807, 2.05) is 60.7 Å². The van der Waals surface area contributed by atoms with Gasteiger partial charge in [0.25, 0.3) is 0 Å². The maximum absolute atomic E-state index is 12.7. The molecule has 122 valence electrons. The molecule has 1 aliphatic rings. The second-order valence-electron chi connectivity index (χ2n) is 5.85. The molecule has 0 unspecified atom stereocenters. The number of methoxy groups -OCH3 is 1. The zero-order valence-corrected chi connectivity index (χ0v) is 14.3. The number of ether oxygens (including phenoxy) is 1. The number of benzene rings is 2. The van der Waals surface area contributed by atoms with E-state index in [1.165, 1.54) is 0 Å². The first-order valence-electron chi connectivity index (χ1n) is 8.01. The topological polar surface area (TPSA) is 26.3 Å². The number of carbonyl (C=O) groups excluding carboxylic acids is 1. The smallest absolute Gasteiger partial charge is 0.185 e. The fourth-order valence-corrected chi connectivity index (χ4v) is 2.97. The molecular formula is C21H19ClO2. The quantitative estimate of drug-likeness (QED) is 0.684. The summed E-state index contributed by atoms with van der Waals surface area (Å²) in [5.74, 6) is 0.961. The average molecular weight is 339 g/mol. The molecular weight excluding hydrogens is 320 g/mol. The molecule has 0 spiro atoms. The SMILES string of the molecule is COc1ccc(/C=C2/CCC/C(=C/c3ccc(Cl)cc3)C2=O)cc1. The lowest BCUT2D eigenvalue weighted by Gasteiger charge is -2.16. The van der Waals surface area contributed by atoms with Gasteiger partial charge in [-0.05, 0) is 66.8 Å². The Balaban J connectivity index is 1.83. The third kappa shape index (κ3) is 3.95. The van der Waals surface area contributed by atoms with Gasteiger partial charge in [0.1, 0.15) is 5.75 Å². The molecule has 0 aliphatic heterocycles. The highest BCUT2D eigenvalue weighted by molar-refractivity contribution is 6.30. The van der Waals surface area contributed by atoms with E-state index in [1.54, 1.807) is 7.11 Å². The van der Waals surface area contributed by atoms with Gasteiger partial charge in [0.15, 0.2) is 5.78 Å². The van der Waals surface area contributed by atoms with Gasteiger partial charge in [-0.1, -0.05) is 35.9 Å². The summed E-state index contributed by atoms with van der Waals surface area (Å²) in [6.07, 6.45) is 6.59. The Morgan fingerprint density at radius 3 is 1.88 bits per heavy atom. The van der Waals surface area contributed by atoms with Crippen molar-refractivity contribution in [3.8, 4) is 5.75 Å². The van der Waals surface area contributed by atoms with Crippen molar-refractivity contribution in [2.45, 2.75) is 19.3 Å². The van der Waals surface area contributed by atoms with Crippen molar-refractivity contribution in [3.63, 3.8) is 0 Å². The summed E-state index contributed by atoms with van der Waals surface area (Å²) in [6, 6.07) is 15.3. The van der Waals surface area contributed by atoms with E-state index in [9.17, 15) is 4.79 Å². The van der Waals surface area contributed by atoms with Gasteiger partial charge in [-0.15, -0.1) is 0 Å². The monoisotopic (exact) mass is 338 g/mol. The van der Waals surface area contributed by atoms with Gasteiger partial charge >= 0.3 is 0 Å². The molecule has 2 aromatic rings. The third-order valence-electron chi connectivity index (χ3n) is 4.14. The van der Waals surface area contributed by atoms with Gasteiger partial charge in [-0.25, -0.2) is 0 Å². The Hall–Kier alpha value is -2.32. The maximum Gasteiger partial charge on any atom is 0.185 e. The van der Waals surface area contributed by atoms with Crippen LogP contribution in [0.3, 0.4) is 0 Å². The molecule has 1 aliphatic carbocycles. The van der Waals surface area contributed by atoms with Crippen LogP contribution in [0, 0.1) is 0 Å². The summed E-state index contributed by atoms with van der Waals surface area (Å²) in [5.41, 5.74) is 3.76. The van der Waals surface area contributed by atoms with Crippen molar-refractivity contribution in [1.82, 2.24) is 0 Å². The van der Waals surface area contributed by atoms with Gasteiger partial charge in [-0.2, -0.15) is 0 Å². The highest BCUT2D eigenvalue weighted by atomic mass is 35.5. The van der Waals surface area contributed by atoms with E-state index >= 15 is 0 Å². The fourth-order valence-electron chi connectivity index (χ4n) is 2.84. The largest absolute Gasteiger partial charge is 0.497 e. The number of hydrogen-bond donors (Lipinski definition) is 0. The number of carbonyl (C=O) groups is 1. The van der Waals surface area contributed by atoms with Gasteiger partial charge in [0.2, 0.25) is 0 Å². The second-order valence-corrected chi connectivity index (χ2v) is 6.28. The third-order valence-corrected chi connectivity index (χ3v) is 4.40. The summed E-state index contributed by atoms with van der Waals surface area (Å²) in [5, 5.41) is 0.701. The molecule has 0 radical (unpaired) electrons. The van der Waals surface area contributed by atoms with Crippen LogP contribution in [0.25, 0.3) is 12.2 Å². The Morgan fingerprint density at radius 2 is 1.38 bits per heavy atom. The van der Waals surface area contributed by atoms with Crippen molar-refractivity contribution < 1.29 is 9.53 Å². The van der Waals surface area contributed by atoms with Gasteiger partial charge in [-0.3, -0.25) is 4.79 Å². The zero-order chi connectivity index (χ0) is 16.9. The summed E-state index contributed by atoms with van der Waals surface area (Å²) in [7, 11) is 1.64. The molecule has 0 saturated heterocycles. The summed E-state index contributed by atoms with van der Waals surface area (Å²) < 4.78 is 5.17. The Kier molecular flexibility index (Phi) is 5.17. The molecule has 24 heavy (non-hydrogen) atoms. The number of Topliss-reactive ketones (excluding diaryl/α,β-unsaturated/α-hetero) is 1. The van der Waals surface area contributed by atoms with Crippen LogP contribution in [-0.2, 0) is 4.79 Å². The van der Waals surface area contributed by atoms with E-state index < -0.39 is 0 Å².